The monoisotopic (exact) mass is 292 g/mol. The Morgan fingerprint density at radius 3 is 2.50 bits per heavy atom. The number of nitrogens with one attached hydrogen (secondary N) is 1. The van der Waals surface area contributed by atoms with Crippen LogP contribution in [0, 0.1) is 13.8 Å². The molecule has 3 rings (SSSR count). The van der Waals surface area contributed by atoms with Gasteiger partial charge in [0, 0.05) is 0 Å². The third-order valence-corrected chi connectivity index (χ3v) is 3.58. The van der Waals surface area contributed by atoms with Gasteiger partial charge in [-0.1, -0.05) is 18.2 Å². The van der Waals surface area contributed by atoms with Gasteiger partial charge < -0.3 is 10.1 Å². The summed E-state index contributed by atoms with van der Waals surface area (Å²) in [6.45, 7) is 3.71. The Bertz CT molecular complexity index is 916. The molecule has 0 saturated carbocycles. The third kappa shape index (κ3) is 2.63. The number of para-hydroxylation sites is 1. The molecule has 0 radical (unpaired) electrons. The van der Waals surface area contributed by atoms with Crippen LogP contribution in [-0.4, -0.2) is 15.1 Å². The highest BCUT2D eigenvalue weighted by molar-refractivity contribution is 5.79. The summed E-state index contributed by atoms with van der Waals surface area (Å²) in [5, 5.41) is 10.4. The van der Waals surface area contributed by atoms with E-state index in [1.165, 1.54) is 0 Å². The molecule has 4 heteroatoms. The summed E-state index contributed by atoms with van der Waals surface area (Å²) in [5.41, 5.74) is 3.11. The zero-order valence-corrected chi connectivity index (χ0v) is 12.4. The van der Waals surface area contributed by atoms with Gasteiger partial charge in [0.15, 0.2) is 0 Å². The minimum Gasteiger partial charge on any atom is -0.507 e. The molecule has 0 unspecified atom stereocenters. The van der Waals surface area contributed by atoms with E-state index in [9.17, 15) is 9.90 Å². The van der Waals surface area contributed by atoms with Crippen LogP contribution in [-0.2, 0) is 0 Å². The van der Waals surface area contributed by atoms with E-state index in [1.54, 1.807) is 12.1 Å². The van der Waals surface area contributed by atoms with Gasteiger partial charge in [-0.15, -0.1) is 0 Å². The molecule has 0 atom stereocenters. The predicted molar refractivity (Wildman–Crippen MR) is 88.9 cm³/mol. The molecule has 2 N–H and O–H groups in total. The van der Waals surface area contributed by atoms with Crippen LogP contribution in [0.1, 0.15) is 22.5 Å². The second-order valence-corrected chi connectivity index (χ2v) is 5.30. The minimum absolute atomic E-state index is 0.150. The number of benzene rings is 2. The molecule has 0 fully saturated rings. The van der Waals surface area contributed by atoms with Crippen LogP contribution >= 0.6 is 0 Å². The van der Waals surface area contributed by atoms with Gasteiger partial charge in [-0.2, -0.15) is 0 Å². The number of aromatic amines is 1. The molecule has 0 aliphatic heterocycles. The third-order valence-electron chi connectivity index (χ3n) is 3.58. The Kier molecular flexibility index (Phi) is 3.51. The Hall–Kier alpha value is -2.88. The maximum Gasteiger partial charge on any atom is 0.259 e. The summed E-state index contributed by atoms with van der Waals surface area (Å²) in [6.07, 6.45) is 3.63. The van der Waals surface area contributed by atoms with Gasteiger partial charge in [0.2, 0.25) is 0 Å². The van der Waals surface area contributed by atoms with Gasteiger partial charge in [0.05, 0.1) is 10.9 Å². The molecular formula is C18H16N2O2. The molecule has 3 aromatic rings. The molecule has 0 spiro atoms. The molecule has 1 aromatic heterocycles. The molecule has 110 valence electrons. The number of phenols is 1. The fraction of sp³-hybridized carbons (Fsp3) is 0.111. The smallest absolute Gasteiger partial charge is 0.259 e. The van der Waals surface area contributed by atoms with Crippen molar-refractivity contribution in [3.63, 3.8) is 0 Å². The van der Waals surface area contributed by atoms with E-state index in [-0.39, 0.29) is 5.56 Å². The standard InChI is InChI=1S/C18H16N2O2/c1-11-9-13(10-12(2)17(11)21)7-8-16-19-15-6-4-3-5-14(15)18(22)20-16/h3-10,21H,1-2H3,(H,19,20,22)/b8-7+. The molecule has 0 aliphatic carbocycles. The molecule has 0 amide bonds. The summed E-state index contributed by atoms with van der Waals surface area (Å²) in [4.78, 5) is 19.2. The maximum atomic E-state index is 12.0. The summed E-state index contributed by atoms with van der Waals surface area (Å²) in [5.74, 6) is 0.821. The number of aromatic nitrogens is 2. The number of nitrogens with zero attached hydrogens (tertiary/aromatic N) is 1. The Balaban J connectivity index is 2.01. The Morgan fingerprint density at radius 1 is 1.09 bits per heavy atom. The average molecular weight is 292 g/mol. The van der Waals surface area contributed by atoms with Crippen molar-refractivity contribution in [3.05, 3.63) is 69.3 Å². The molecule has 22 heavy (non-hydrogen) atoms. The number of H-pyrrole nitrogens is 1. The minimum atomic E-state index is -0.150. The summed E-state index contributed by atoms with van der Waals surface area (Å²) >= 11 is 0. The van der Waals surface area contributed by atoms with E-state index in [4.69, 9.17) is 0 Å². The second-order valence-electron chi connectivity index (χ2n) is 5.30. The van der Waals surface area contributed by atoms with Crippen molar-refractivity contribution in [3.8, 4) is 5.75 Å². The van der Waals surface area contributed by atoms with Crippen LogP contribution in [0.15, 0.2) is 41.2 Å². The zero-order valence-electron chi connectivity index (χ0n) is 12.4. The van der Waals surface area contributed by atoms with Crippen molar-refractivity contribution in [1.82, 2.24) is 9.97 Å². The number of aromatic hydroxyl groups is 1. The Morgan fingerprint density at radius 2 is 1.77 bits per heavy atom. The molecule has 0 saturated heterocycles. The van der Waals surface area contributed by atoms with E-state index in [2.05, 4.69) is 9.97 Å². The normalized spacial score (nSPS) is 11.4. The van der Waals surface area contributed by atoms with Crippen LogP contribution in [0.4, 0.5) is 0 Å². The molecule has 2 aromatic carbocycles. The highest BCUT2D eigenvalue weighted by atomic mass is 16.3. The topological polar surface area (TPSA) is 66.0 Å². The first kappa shape index (κ1) is 14.1. The van der Waals surface area contributed by atoms with Crippen LogP contribution in [0.3, 0.4) is 0 Å². The van der Waals surface area contributed by atoms with Gasteiger partial charge >= 0.3 is 0 Å². The lowest BCUT2D eigenvalue weighted by Crippen LogP contribution is -2.09. The summed E-state index contributed by atoms with van der Waals surface area (Å²) in [6, 6.07) is 11.0. The lowest BCUT2D eigenvalue weighted by molar-refractivity contribution is 0.467. The zero-order chi connectivity index (χ0) is 15.7. The second kappa shape index (κ2) is 5.48. The van der Waals surface area contributed by atoms with E-state index >= 15 is 0 Å². The predicted octanol–water partition coefficient (Wildman–Crippen LogP) is 3.42. The van der Waals surface area contributed by atoms with Crippen LogP contribution in [0.25, 0.3) is 23.1 Å². The summed E-state index contributed by atoms with van der Waals surface area (Å²) in [7, 11) is 0. The van der Waals surface area contributed by atoms with Gasteiger partial charge in [0.1, 0.15) is 11.6 Å². The number of phenolic OH excluding ortho intramolecular Hbond substituents is 1. The fourth-order valence-electron chi connectivity index (χ4n) is 2.44. The first-order chi connectivity index (χ1) is 10.5. The number of fused-ring (bicyclic) bond motifs is 1. The van der Waals surface area contributed by atoms with Crippen molar-refractivity contribution in [2.75, 3.05) is 0 Å². The van der Waals surface area contributed by atoms with Gasteiger partial charge in [-0.05, 0) is 60.9 Å². The van der Waals surface area contributed by atoms with E-state index in [0.29, 0.717) is 22.5 Å². The number of rotatable bonds is 2. The van der Waals surface area contributed by atoms with Crippen molar-refractivity contribution >= 4 is 23.1 Å². The van der Waals surface area contributed by atoms with E-state index in [0.717, 1.165) is 16.7 Å². The molecule has 4 nitrogen and oxygen atoms in total. The van der Waals surface area contributed by atoms with E-state index < -0.39 is 0 Å². The number of hydrogen-bond donors (Lipinski definition) is 2. The van der Waals surface area contributed by atoms with Gasteiger partial charge in [-0.3, -0.25) is 4.79 Å². The number of aryl methyl sites for hydroxylation is 2. The lowest BCUT2D eigenvalue weighted by atomic mass is 10.1. The quantitative estimate of drug-likeness (QED) is 0.760. The summed E-state index contributed by atoms with van der Waals surface area (Å²) < 4.78 is 0. The van der Waals surface area contributed by atoms with Crippen molar-refractivity contribution < 1.29 is 5.11 Å². The average Bonchev–Trinajstić information content (AvgIpc) is 2.50. The molecule has 0 aliphatic rings. The lowest BCUT2D eigenvalue weighted by Gasteiger charge is -2.04. The first-order valence-corrected chi connectivity index (χ1v) is 7.02. The van der Waals surface area contributed by atoms with Crippen molar-refractivity contribution in [2.24, 2.45) is 0 Å². The van der Waals surface area contributed by atoms with Gasteiger partial charge in [-0.25, -0.2) is 4.98 Å². The van der Waals surface area contributed by atoms with Crippen molar-refractivity contribution in [2.45, 2.75) is 13.8 Å². The Labute approximate surface area is 127 Å². The SMILES string of the molecule is Cc1cc(/C=C/c2nc3ccccc3c(=O)[nH]2)cc(C)c1O. The molecule has 0 bridgehead atoms. The van der Waals surface area contributed by atoms with Crippen LogP contribution in [0.2, 0.25) is 0 Å². The van der Waals surface area contributed by atoms with Crippen LogP contribution < -0.4 is 5.56 Å². The highest BCUT2D eigenvalue weighted by Gasteiger charge is 2.03. The molecular weight excluding hydrogens is 276 g/mol. The van der Waals surface area contributed by atoms with Crippen molar-refractivity contribution in [1.29, 1.82) is 0 Å². The fourth-order valence-corrected chi connectivity index (χ4v) is 2.44. The number of hydrogen-bond acceptors (Lipinski definition) is 3. The largest absolute Gasteiger partial charge is 0.507 e. The molecule has 1 heterocycles. The van der Waals surface area contributed by atoms with E-state index in [1.807, 2.05) is 50.3 Å². The van der Waals surface area contributed by atoms with Crippen LogP contribution in [0.5, 0.6) is 5.75 Å². The highest BCUT2D eigenvalue weighted by Crippen LogP contribution is 2.23. The maximum absolute atomic E-state index is 12.0. The first-order valence-electron chi connectivity index (χ1n) is 7.02. The van der Waals surface area contributed by atoms with Gasteiger partial charge in [0.25, 0.3) is 5.56 Å².